The van der Waals surface area contributed by atoms with Crippen molar-refractivity contribution in [2.45, 2.75) is 32.2 Å². The monoisotopic (exact) mass is 457 g/mol. The molecule has 4 rings (SSSR count). The molecule has 1 saturated heterocycles. The first-order valence-corrected chi connectivity index (χ1v) is 10.9. The van der Waals surface area contributed by atoms with Crippen LogP contribution in [0.4, 0.5) is 18.9 Å². The van der Waals surface area contributed by atoms with Crippen molar-refractivity contribution < 1.29 is 27.8 Å². The van der Waals surface area contributed by atoms with Crippen LogP contribution in [-0.2, 0) is 13.0 Å². The van der Waals surface area contributed by atoms with Crippen molar-refractivity contribution in [2.75, 3.05) is 18.0 Å². The summed E-state index contributed by atoms with van der Waals surface area (Å²) in [5.41, 5.74) is 3.17. The molecule has 1 fully saturated rings. The van der Waals surface area contributed by atoms with E-state index in [1.165, 1.54) is 17.7 Å². The smallest absolute Gasteiger partial charge is 0.508 e. The Labute approximate surface area is 191 Å². The van der Waals surface area contributed by atoms with Gasteiger partial charge in [0, 0.05) is 18.8 Å². The number of anilines is 1. The van der Waals surface area contributed by atoms with Gasteiger partial charge in [-0.05, 0) is 84.8 Å². The highest BCUT2D eigenvalue weighted by molar-refractivity contribution is 5.49. The van der Waals surface area contributed by atoms with Gasteiger partial charge in [0.05, 0.1) is 0 Å². The Bertz CT molecular complexity index is 1010. The molecule has 1 aliphatic heterocycles. The van der Waals surface area contributed by atoms with E-state index in [1.54, 1.807) is 24.3 Å². The molecular weight excluding hydrogens is 431 g/mol. The van der Waals surface area contributed by atoms with Gasteiger partial charge < -0.3 is 19.5 Å². The van der Waals surface area contributed by atoms with E-state index in [0.29, 0.717) is 5.92 Å². The fourth-order valence-electron chi connectivity index (χ4n) is 4.07. The molecule has 0 amide bonds. The summed E-state index contributed by atoms with van der Waals surface area (Å²) in [5, 5.41) is 9.45. The van der Waals surface area contributed by atoms with Crippen molar-refractivity contribution in [3.63, 3.8) is 0 Å². The number of nitrogens with zero attached hydrogens (tertiary/aromatic N) is 1. The first-order valence-electron chi connectivity index (χ1n) is 10.9. The van der Waals surface area contributed by atoms with Crippen molar-refractivity contribution in [2.24, 2.45) is 5.92 Å². The Kier molecular flexibility index (Phi) is 6.96. The van der Waals surface area contributed by atoms with Crippen LogP contribution in [0.3, 0.4) is 0 Å². The largest absolute Gasteiger partial charge is 0.573 e. The predicted octanol–water partition coefficient (Wildman–Crippen LogP) is 6.33. The molecule has 0 aliphatic carbocycles. The van der Waals surface area contributed by atoms with Crippen molar-refractivity contribution >= 4 is 5.69 Å². The van der Waals surface area contributed by atoms with Gasteiger partial charge in [0.2, 0.25) is 0 Å². The molecule has 0 saturated carbocycles. The molecule has 0 unspecified atom stereocenters. The maximum absolute atomic E-state index is 12.2. The Morgan fingerprint density at radius 3 is 1.97 bits per heavy atom. The van der Waals surface area contributed by atoms with Crippen LogP contribution >= 0.6 is 0 Å². The minimum absolute atomic E-state index is 0.246. The molecular formula is C26H26F3NO3. The normalized spacial score (nSPS) is 14.8. The van der Waals surface area contributed by atoms with Gasteiger partial charge in [-0.25, -0.2) is 0 Å². The van der Waals surface area contributed by atoms with Crippen molar-refractivity contribution in [3.8, 4) is 17.2 Å². The Morgan fingerprint density at radius 1 is 0.788 bits per heavy atom. The molecule has 0 bridgehead atoms. The number of hydrogen-bond acceptors (Lipinski definition) is 4. The molecule has 174 valence electrons. The van der Waals surface area contributed by atoms with Gasteiger partial charge in [-0.15, -0.1) is 13.2 Å². The number of phenolic OH excluding ortho intramolecular Hbond substituents is 1. The second kappa shape index (κ2) is 10.1. The van der Waals surface area contributed by atoms with Gasteiger partial charge in [-0.1, -0.05) is 24.3 Å². The summed E-state index contributed by atoms with van der Waals surface area (Å²) < 4.78 is 46.3. The van der Waals surface area contributed by atoms with E-state index in [1.807, 2.05) is 24.3 Å². The summed E-state index contributed by atoms with van der Waals surface area (Å²) in [6.07, 6.45) is -1.44. The van der Waals surface area contributed by atoms with E-state index in [2.05, 4.69) is 21.8 Å². The topological polar surface area (TPSA) is 41.9 Å². The number of aromatic hydroxyl groups is 1. The fourth-order valence-corrected chi connectivity index (χ4v) is 4.07. The van der Waals surface area contributed by atoms with Crippen molar-refractivity contribution in [3.05, 3.63) is 83.9 Å². The number of hydrogen-bond donors (Lipinski definition) is 1. The first-order chi connectivity index (χ1) is 15.8. The van der Waals surface area contributed by atoms with Gasteiger partial charge in [0.15, 0.2) is 0 Å². The quantitative estimate of drug-likeness (QED) is 0.450. The molecule has 3 aromatic carbocycles. The molecule has 4 nitrogen and oxygen atoms in total. The van der Waals surface area contributed by atoms with Gasteiger partial charge in [0.25, 0.3) is 0 Å². The number of rotatable bonds is 7. The van der Waals surface area contributed by atoms with Crippen LogP contribution < -0.4 is 14.4 Å². The van der Waals surface area contributed by atoms with E-state index in [-0.39, 0.29) is 18.1 Å². The van der Waals surface area contributed by atoms with Crippen LogP contribution in [0.2, 0.25) is 0 Å². The summed E-state index contributed by atoms with van der Waals surface area (Å²) in [6.45, 7) is 2.27. The molecule has 0 aromatic heterocycles. The zero-order valence-electron chi connectivity index (χ0n) is 18.1. The summed E-state index contributed by atoms with van der Waals surface area (Å²) in [6, 6.07) is 21.0. The number of halogens is 3. The number of benzene rings is 3. The molecule has 0 radical (unpaired) electrons. The molecule has 0 atom stereocenters. The summed E-state index contributed by atoms with van der Waals surface area (Å²) in [5.74, 6) is 1.39. The zero-order valence-corrected chi connectivity index (χ0v) is 18.1. The lowest BCUT2D eigenvalue weighted by Gasteiger charge is -2.33. The number of phenols is 1. The second-order valence-electron chi connectivity index (χ2n) is 8.28. The zero-order chi connectivity index (χ0) is 23.3. The van der Waals surface area contributed by atoms with Gasteiger partial charge in [0.1, 0.15) is 23.9 Å². The SMILES string of the molecule is Oc1ccc(N2CCC(Cc3ccc(OCc4ccc(OC(F)(F)F)cc4)cc3)CC2)cc1. The van der Waals surface area contributed by atoms with Gasteiger partial charge in [-0.3, -0.25) is 0 Å². The molecule has 33 heavy (non-hydrogen) atoms. The lowest BCUT2D eigenvalue weighted by molar-refractivity contribution is -0.274. The highest BCUT2D eigenvalue weighted by Crippen LogP contribution is 2.28. The average molecular weight is 457 g/mol. The Hall–Kier alpha value is -3.35. The minimum atomic E-state index is -4.69. The fraction of sp³-hybridized carbons (Fsp3) is 0.308. The van der Waals surface area contributed by atoms with E-state index in [9.17, 15) is 18.3 Å². The molecule has 1 aliphatic rings. The second-order valence-corrected chi connectivity index (χ2v) is 8.28. The molecule has 3 aromatic rings. The lowest BCUT2D eigenvalue weighted by atomic mass is 9.90. The van der Waals surface area contributed by atoms with Crippen LogP contribution in [-0.4, -0.2) is 24.6 Å². The predicted molar refractivity (Wildman–Crippen MR) is 121 cm³/mol. The maximum atomic E-state index is 12.2. The average Bonchev–Trinajstić information content (AvgIpc) is 2.80. The summed E-state index contributed by atoms with van der Waals surface area (Å²) in [4.78, 5) is 2.36. The highest BCUT2D eigenvalue weighted by Gasteiger charge is 2.30. The first kappa shape index (κ1) is 22.8. The number of ether oxygens (including phenoxy) is 2. The minimum Gasteiger partial charge on any atom is -0.508 e. The summed E-state index contributed by atoms with van der Waals surface area (Å²) in [7, 11) is 0. The standard InChI is InChI=1S/C26H26F3NO3/c27-26(28,29)33-25-11-3-21(4-12-25)18-32-24-9-1-19(2-10-24)17-20-13-15-30(16-14-20)22-5-7-23(31)8-6-22/h1-12,20,31H,13-18H2. The maximum Gasteiger partial charge on any atom is 0.573 e. The third-order valence-electron chi connectivity index (χ3n) is 5.84. The van der Waals surface area contributed by atoms with Crippen LogP contribution in [0.1, 0.15) is 24.0 Å². The van der Waals surface area contributed by atoms with Crippen LogP contribution in [0.5, 0.6) is 17.2 Å². The molecule has 0 spiro atoms. The third-order valence-corrected chi connectivity index (χ3v) is 5.84. The number of piperidine rings is 1. The van der Waals surface area contributed by atoms with E-state index in [4.69, 9.17) is 4.74 Å². The highest BCUT2D eigenvalue weighted by atomic mass is 19.4. The molecule has 7 heteroatoms. The molecule has 1 N–H and O–H groups in total. The van der Waals surface area contributed by atoms with E-state index < -0.39 is 6.36 Å². The van der Waals surface area contributed by atoms with E-state index in [0.717, 1.165) is 49.4 Å². The van der Waals surface area contributed by atoms with E-state index >= 15 is 0 Å². The van der Waals surface area contributed by atoms with Crippen LogP contribution in [0, 0.1) is 5.92 Å². The summed E-state index contributed by atoms with van der Waals surface area (Å²) >= 11 is 0. The lowest BCUT2D eigenvalue weighted by Crippen LogP contribution is -2.34. The Balaban J connectivity index is 1.22. The Morgan fingerprint density at radius 2 is 1.36 bits per heavy atom. The number of alkyl halides is 3. The third kappa shape index (κ3) is 6.81. The van der Waals surface area contributed by atoms with Gasteiger partial charge in [-0.2, -0.15) is 0 Å². The van der Waals surface area contributed by atoms with Gasteiger partial charge >= 0.3 is 6.36 Å². The van der Waals surface area contributed by atoms with Crippen molar-refractivity contribution in [1.82, 2.24) is 0 Å². The van der Waals surface area contributed by atoms with Crippen LogP contribution in [0.25, 0.3) is 0 Å². The van der Waals surface area contributed by atoms with Crippen molar-refractivity contribution in [1.29, 1.82) is 0 Å². The van der Waals surface area contributed by atoms with Crippen LogP contribution in [0.15, 0.2) is 72.8 Å². The molecule has 1 heterocycles.